The van der Waals surface area contributed by atoms with Gasteiger partial charge in [-0.1, -0.05) is 13.8 Å². The van der Waals surface area contributed by atoms with Crippen molar-refractivity contribution in [3.05, 3.63) is 32.4 Å². The van der Waals surface area contributed by atoms with Crippen molar-refractivity contribution in [3.8, 4) is 0 Å². The third kappa shape index (κ3) is 10.8. The Morgan fingerprint density at radius 2 is 1.61 bits per heavy atom. The summed E-state index contributed by atoms with van der Waals surface area (Å²) < 4.78 is 41.2. The van der Waals surface area contributed by atoms with Gasteiger partial charge in [0.1, 0.15) is 32.5 Å². The zero-order chi connectivity index (χ0) is 25.4. The molecule has 188 valence electrons. The fraction of sp³-hybridized carbons (Fsp3) is 0.636. The molecule has 0 N–H and O–H groups in total. The molecule has 0 heterocycles. The summed E-state index contributed by atoms with van der Waals surface area (Å²) in [5.41, 5.74) is 2.00. The SMILES string of the molecule is COP(=O)(OCC[N+](C)(C)C)OC(COC(=O)c1c(C)cc(I)cc1C)COC(=O)C(C)C. The molecule has 0 fully saturated rings. The average molecular weight is 600 g/mol. The fourth-order valence-corrected chi connectivity index (χ4v) is 4.64. The van der Waals surface area contributed by atoms with Gasteiger partial charge >= 0.3 is 19.8 Å². The Labute approximate surface area is 210 Å². The van der Waals surface area contributed by atoms with Gasteiger partial charge in [0.2, 0.25) is 0 Å². The molecule has 0 bridgehead atoms. The van der Waals surface area contributed by atoms with Crippen LogP contribution in [0.4, 0.5) is 0 Å². The monoisotopic (exact) mass is 600 g/mol. The van der Waals surface area contributed by atoms with Crippen molar-refractivity contribution in [2.24, 2.45) is 5.92 Å². The Morgan fingerprint density at radius 3 is 2.09 bits per heavy atom. The maximum atomic E-state index is 13.0. The topological polar surface area (TPSA) is 97.4 Å². The largest absolute Gasteiger partial charge is 0.475 e. The van der Waals surface area contributed by atoms with E-state index < -0.39 is 25.9 Å². The van der Waals surface area contributed by atoms with Gasteiger partial charge in [0.05, 0.1) is 32.6 Å². The number of nitrogens with zero attached hydrogens (tertiary/aromatic N) is 1. The van der Waals surface area contributed by atoms with Gasteiger partial charge in [0.15, 0.2) is 0 Å². The molecule has 0 amide bonds. The van der Waals surface area contributed by atoms with Crippen LogP contribution < -0.4 is 0 Å². The lowest BCUT2D eigenvalue weighted by Crippen LogP contribution is -2.37. The molecule has 0 aliphatic heterocycles. The highest BCUT2D eigenvalue weighted by Gasteiger charge is 2.32. The van der Waals surface area contributed by atoms with Gasteiger partial charge < -0.3 is 14.0 Å². The summed E-state index contributed by atoms with van der Waals surface area (Å²) in [5, 5.41) is 0. The number of benzene rings is 1. The molecular formula is C22H36INO8P+. The van der Waals surface area contributed by atoms with Gasteiger partial charge in [-0.2, -0.15) is 0 Å². The minimum absolute atomic E-state index is 0.119. The van der Waals surface area contributed by atoms with Crippen molar-refractivity contribution in [3.63, 3.8) is 0 Å². The summed E-state index contributed by atoms with van der Waals surface area (Å²) in [6, 6.07) is 3.76. The molecule has 0 saturated carbocycles. The highest BCUT2D eigenvalue weighted by molar-refractivity contribution is 14.1. The van der Waals surface area contributed by atoms with E-state index in [1.54, 1.807) is 13.8 Å². The molecule has 1 rings (SSSR count). The molecule has 0 aliphatic carbocycles. The second kappa shape index (κ2) is 13.2. The van der Waals surface area contributed by atoms with Crippen molar-refractivity contribution >= 4 is 42.4 Å². The molecule has 1 aromatic rings. The van der Waals surface area contributed by atoms with Gasteiger partial charge in [-0.05, 0) is 59.7 Å². The van der Waals surface area contributed by atoms with E-state index in [4.69, 9.17) is 23.0 Å². The van der Waals surface area contributed by atoms with E-state index in [1.165, 1.54) is 7.11 Å². The zero-order valence-corrected chi connectivity index (χ0v) is 23.7. The van der Waals surface area contributed by atoms with E-state index in [0.29, 0.717) is 16.6 Å². The maximum absolute atomic E-state index is 13.0. The summed E-state index contributed by atoms with van der Waals surface area (Å²) in [6.07, 6.45) is -1.05. The lowest BCUT2D eigenvalue weighted by molar-refractivity contribution is -0.870. The fourth-order valence-electron chi connectivity index (χ4n) is 2.66. The Morgan fingerprint density at radius 1 is 1.06 bits per heavy atom. The molecule has 0 radical (unpaired) electrons. The van der Waals surface area contributed by atoms with Gasteiger partial charge in [0.25, 0.3) is 0 Å². The Hall–Kier alpha value is -1.04. The lowest BCUT2D eigenvalue weighted by atomic mass is 10.0. The third-order valence-corrected chi connectivity index (χ3v) is 6.62. The third-order valence-electron chi connectivity index (χ3n) is 4.50. The minimum Gasteiger partial charge on any atom is -0.463 e. The second-order valence-corrected chi connectivity index (χ2v) is 12.0. The molecule has 33 heavy (non-hydrogen) atoms. The number of halogens is 1. The van der Waals surface area contributed by atoms with Crippen LogP contribution in [0.1, 0.15) is 35.3 Å². The summed E-state index contributed by atoms with van der Waals surface area (Å²) in [4.78, 5) is 24.7. The Kier molecular flexibility index (Phi) is 12.0. The van der Waals surface area contributed by atoms with Crippen LogP contribution >= 0.6 is 30.4 Å². The molecular weight excluding hydrogens is 564 g/mol. The molecule has 0 saturated heterocycles. The summed E-state index contributed by atoms with van der Waals surface area (Å²) in [6.45, 7) is 7.12. The van der Waals surface area contributed by atoms with Crippen LogP contribution in [0.5, 0.6) is 0 Å². The maximum Gasteiger partial charge on any atom is 0.475 e. The number of quaternary nitrogens is 1. The Bertz CT molecular complexity index is 845. The number of rotatable bonds is 13. The minimum atomic E-state index is -3.98. The molecule has 2 atom stereocenters. The van der Waals surface area contributed by atoms with E-state index in [2.05, 4.69) is 22.6 Å². The van der Waals surface area contributed by atoms with Gasteiger partial charge in [-0.15, -0.1) is 0 Å². The smallest absolute Gasteiger partial charge is 0.463 e. The first-order chi connectivity index (χ1) is 15.2. The number of hydrogen-bond acceptors (Lipinski definition) is 8. The van der Waals surface area contributed by atoms with E-state index in [-0.39, 0.29) is 25.7 Å². The van der Waals surface area contributed by atoms with Crippen molar-refractivity contribution in [2.75, 3.05) is 54.6 Å². The van der Waals surface area contributed by atoms with Crippen LogP contribution in [-0.2, 0) is 32.4 Å². The highest BCUT2D eigenvalue weighted by Crippen LogP contribution is 2.49. The number of phosphoric ester groups is 1. The predicted molar refractivity (Wildman–Crippen MR) is 133 cm³/mol. The van der Waals surface area contributed by atoms with E-state index in [0.717, 1.165) is 14.7 Å². The number of carbonyl (C=O) groups excluding carboxylic acids is 2. The van der Waals surface area contributed by atoms with E-state index in [1.807, 2.05) is 47.1 Å². The molecule has 2 unspecified atom stereocenters. The molecule has 0 spiro atoms. The second-order valence-electron chi connectivity index (χ2n) is 9.00. The van der Waals surface area contributed by atoms with Crippen molar-refractivity contribution in [2.45, 2.75) is 33.8 Å². The number of phosphoric acid groups is 1. The first-order valence-electron chi connectivity index (χ1n) is 10.6. The first-order valence-corrected chi connectivity index (χ1v) is 13.1. The predicted octanol–water partition coefficient (Wildman–Crippen LogP) is 4.13. The van der Waals surface area contributed by atoms with Crippen molar-refractivity contribution < 1.29 is 41.7 Å². The van der Waals surface area contributed by atoms with Crippen LogP contribution in [0.3, 0.4) is 0 Å². The zero-order valence-electron chi connectivity index (χ0n) is 20.7. The lowest BCUT2D eigenvalue weighted by Gasteiger charge is -2.26. The van der Waals surface area contributed by atoms with Crippen LogP contribution in [0.15, 0.2) is 12.1 Å². The number of hydrogen-bond donors (Lipinski definition) is 0. The van der Waals surface area contributed by atoms with Crippen molar-refractivity contribution in [1.82, 2.24) is 0 Å². The highest BCUT2D eigenvalue weighted by atomic mass is 127. The summed E-state index contributed by atoms with van der Waals surface area (Å²) >= 11 is 2.18. The molecule has 9 nitrogen and oxygen atoms in total. The van der Waals surface area contributed by atoms with Gasteiger partial charge in [-0.3, -0.25) is 18.4 Å². The first kappa shape index (κ1) is 30.0. The number of ether oxygens (including phenoxy) is 2. The van der Waals surface area contributed by atoms with Gasteiger partial charge in [0, 0.05) is 10.7 Å². The number of esters is 2. The van der Waals surface area contributed by atoms with Crippen molar-refractivity contribution in [1.29, 1.82) is 0 Å². The van der Waals surface area contributed by atoms with Crippen LogP contribution in [-0.4, -0.2) is 77.1 Å². The average Bonchev–Trinajstić information content (AvgIpc) is 2.67. The van der Waals surface area contributed by atoms with Gasteiger partial charge in [-0.25, -0.2) is 9.36 Å². The summed E-state index contributed by atoms with van der Waals surface area (Å²) in [7, 11) is 3.11. The normalized spacial score (nSPS) is 14.6. The molecule has 11 heteroatoms. The number of aryl methyl sites for hydroxylation is 2. The Balaban J connectivity index is 2.94. The molecule has 1 aromatic carbocycles. The quantitative estimate of drug-likeness (QED) is 0.144. The molecule has 0 aliphatic rings. The number of carbonyl (C=O) groups is 2. The van der Waals surface area contributed by atoms with Crippen LogP contribution in [0, 0.1) is 23.3 Å². The standard InChI is InChI=1S/C22H36INO8P/c1-15(2)21(25)29-13-19(32-33(27,28-8)31-10-9-24(5,6)7)14-30-22(26)20-16(3)11-18(23)12-17(20)4/h11-12,15,19H,9-10,13-14H2,1-8H3/q+1. The van der Waals surface area contributed by atoms with Crippen LogP contribution in [0.25, 0.3) is 0 Å². The molecule has 0 aromatic heterocycles. The van der Waals surface area contributed by atoms with Crippen LogP contribution in [0.2, 0.25) is 0 Å². The van der Waals surface area contributed by atoms with E-state index in [9.17, 15) is 14.2 Å². The summed E-state index contributed by atoms with van der Waals surface area (Å²) in [5.74, 6) is -1.37. The van der Waals surface area contributed by atoms with E-state index >= 15 is 0 Å². The number of likely N-dealkylation sites (N-methyl/N-ethyl adjacent to an activating group) is 1.